The first-order chi connectivity index (χ1) is 10.3. The minimum absolute atomic E-state index is 0.717. The molecule has 0 bridgehead atoms. The highest BCUT2D eigenvalue weighted by molar-refractivity contribution is 6.36. The second-order valence-electron chi connectivity index (χ2n) is 6.13. The summed E-state index contributed by atoms with van der Waals surface area (Å²) in [4.78, 5) is 0. The maximum absolute atomic E-state index is 6.36. The highest BCUT2D eigenvalue weighted by atomic mass is 35.5. The predicted molar refractivity (Wildman–Crippen MR) is 92.4 cm³/mol. The van der Waals surface area contributed by atoms with E-state index in [4.69, 9.17) is 11.6 Å². The van der Waals surface area contributed by atoms with Gasteiger partial charge in [0.1, 0.15) is 0 Å². The van der Waals surface area contributed by atoms with Gasteiger partial charge in [-0.1, -0.05) is 54.9 Å². The van der Waals surface area contributed by atoms with E-state index in [1.54, 1.807) is 11.1 Å². The van der Waals surface area contributed by atoms with E-state index in [2.05, 4.69) is 43.3 Å². The van der Waals surface area contributed by atoms with Gasteiger partial charge in [0.25, 0.3) is 0 Å². The summed E-state index contributed by atoms with van der Waals surface area (Å²) in [5.41, 5.74) is 3.16. The monoisotopic (exact) mass is 294 g/mol. The van der Waals surface area contributed by atoms with E-state index >= 15 is 0 Å². The number of hydrogen-bond donors (Lipinski definition) is 0. The predicted octanol–water partition coefficient (Wildman–Crippen LogP) is 6.48. The molecule has 1 atom stereocenters. The van der Waals surface area contributed by atoms with Crippen LogP contribution in [0.25, 0.3) is 21.5 Å². The van der Waals surface area contributed by atoms with Gasteiger partial charge in [-0.05, 0) is 65.0 Å². The third-order valence-corrected chi connectivity index (χ3v) is 5.37. The minimum Gasteiger partial charge on any atom is -0.0837 e. The van der Waals surface area contributed by atoms with Crippen molar-refractivity contribution in [1.29, 1.82) is 0 Å². The van der Waals surface area contributed by atoms with E-state index in [0.717, 1.165) is 10.4 Å². The normalized spacial score (nSPS) is 18.1. The lowest BCUT2D eigenvalue weighted by Crippen LogP contribution is -2.09. The number of halogens is 1. The van der Waals surface area contributed by atoms with Crippen LogP contribution in [0.4, 0.5) is 0 Å². The summed E-state index contributed by atoms with van der Waals surface area (Å²) >= 11 is 6.36. The second-order valence-corrected chi connectivity index (χ2v) is 6.54. The van der Waals surface area contributed by atoms with E-state index < -0.39 is 0 Å². The third-order valence-electron chi connectivity index (χ3n) is 5.04. The van der Waals surface area contributed by atoms with Gasteiger partial charge < -0.3 is 0 Å². The van der Waals surface area contributed by atoms with Gasteiger partial charge in [-0.3, -0.25) is 0 Å². The summed E-state index contributed by atoms with van der Waals surface area (Å²) in [6.45, 7) is 2.32. The van der Waals surface area contributed by atoms with Gasteiger partial charge in [0.15, 0.2) is 0 Å². The third kappa shape index (κ3) is 1.97. The Hall–Kier alpha value is -1.53. The first-order valence-corrected chi connectivity index (χ1v) is 8.30. The van der Waals surface area contributed by atoms with E-state index in [1.807, 2.05) is 6.07 Å². The fourth-order valence-electron chi connectivity index (χ4n) is 4.00. The SMILES string of the molecule is CCC1CCCc2ccc3c(ccc4c(Cl)cccc43)c21. The fraction of sp³-hybridized carbons (Fsp3) is 0.300. The molecule has 0 radical (unpaired) electrons. The van der Waals surface area contributed by atoms with Crippen LogP contribution in [0, 0.1) is 0 Å². The zero-order chi connectivity index (χ0) is 14.4. The molecule has 4 rings (SSSR count). The van der Waals surface area contributed by atoms with Gasteiger partial charge in [-0.15, -0.1) is 0 Å². The van der Waals surface area contributed by atoms with Crippen LogP contribution in [0.5, 0.6) is 0 Å². The molecule has 21 heavy (non-hydrogen) atoms. The van der Waals surface area contributed by atoms with E-state index in [-0.39, 0.29) is 0 Å². The maximum atomic E-state index is 6.36. The topological polar surface area (TPSA) is 0 Å². The Morgan fingerprint density at radius 3 is 2.57 bits per heavy atom. The van der Waals surface area contributed by atoms with Crippen molar-refractivity contribution < 1.29 is 0 Å². The highest BCUT2D eigenvalue weighted by Crippen LogP contribution is 2.41. The van der Waals surface area contributed by atoms with Gasteiger partial charge in [0.2, 0.25) is 0 Å². The summed E-state index contributed by atoms with van der Waals surface area (Å²) in [6.07, 6.45) is 5.13. The molecule has 3 aromatic rings. The van der Waals surface area contributed by atoms with Crippen LogP contribution >= 0.6 is 11.6 Å². The van der Waals surface area contributed by atoms with Crippen molar-refractivity contribution in [2.75, 3.05) is 0 Å². The van der Waals surface area contributed by atoms with Crippen molar-refractivity contribution in [3.05, 3.63) is 58.6 Å². The molecule has 0 heterocycles. The Kier molecular flexibility index (Phi) is 3.15. The van der Waals surface area contributed by atoms with Crippen LogP contribution in [-0.2, 0) is 6.42 Å². The Morgan fingerprint density at radius 2 is 1.71 bits per heavy atom. The molecule has 0 saturated carbocycles. The lowest BCUT2D eigenvalue weighted by atomic mass is 9.78. The summed E-state index contributed by atoms with van der Waals surface area (Å²) in [5, 5.41) is 6.08. The molecule has 0 N–H and O–H groups in total. The molecule has 0 spiro atoms. The first-order valence-electron chi connectivity index (χ1n) is 7.92. The Bertz CT molecular complexity index is 832. The van der Waals surface area contributed by atoms with Gasteiger partial charge in [-0.2, -0.15) is 0 Å². The number of hydrogen-bond acceptors (Lipinski definition) is 0. The zero-order valence-corrected chi connectivity index (χ0v) is 13.1. The van der Waals surface area contributed by atoms with Crippen LogP contribution < -0.4 is 0 Å². The quantitative estimate of drug-likeness (QED) is 0.451. The first kappa shape index (κ1) is 13.2. The molecule has 1 aliphatic carbocycles. The van der Waals surface area contributed by atoms with Crippen molar-refractivity contribution in [3.8, 4) is 0 Å². The van der Waals surface area contributed by atoms with Crippen LogP contribution in [0.1, 0.15) is 43.2 Å². The van der Waals surface area contributed by atoms with Crippen LogP contribution in [0.3, 0.4) is 0 Å². The maximum Gasteiger partial charge on any atom is 0.0484 e. The molecule has 0 nitrogen and oxygen atoms in total. The highest BCUT2D eigenvalue weighted by Gasteiger charge is 2.21. The minimum atomic E-state index is 0.717. The standard InChI is InChI=1S/C20H19Cl/c1-2-13-5-3-6-14-9-10-16-15-7-4-8-19(21)17(15)11-12-18(16)20(13)14/h4,7-13H,2-3,5-6H2,1H3. The molecule has 1 unspecified atom stereocenters. The molecule has 106 valence electrons. The molecule has 1 aliphatic rings. The zero-order valence-electron chi connectivity index (χ0n) is 12.3. The fourth-order valence-corrected chi connectivity index (χ4v) is 4.23. The number of benzene rings is 3. The van der Waals surface area contributed by atoms with Crippen molar-refractivity contribution in [2.24, 2.45) is 0 Å². The lowest BCUT2D eigenvalue weighted by molar-refractivity contribution is 0.544. The lowest BCUT2D eigenvalue weighted by Gasteiger charge is -2.26. The second kappa shape index (κ2) is 5.03. The molecule has 0 saturated heterocycles. The number of fused-ring (bicyclic) bond motifs is 5. The van der Waals surface area contributed by atoms with Crippen LogP contribution in [-0.4, -0.2) is 0 Å². The Balaban J connectivity index is 2.11. The van der Waals surface area contributed by atoms with Gasteiger partial charge in [0.05, 0.1) is 0 Å². The van der Waals surface area contributed by atoms with Gasteiger partial charge in [0, 0.05) is 10.4 Å². The molecular formula is C20H19Cl. The number of rotatable bonds is 1. The molecule has 0 aromatic heterocycles. The molecule has 0 aliphatic heterocycles. The molecule has 1 heteroatoms. The smallest absolute Gasteiger partial charge is 0.0484 e. The summed E-state index contributed by atoms with van der Waals surface area (Å²) in [5.74, 6) is 0.717. The summed E-state index contributed by atoms with van der Waals surface area (Å²) < 4.78 is 0. The van der Waals surface area contributed by atoms with E-state index in [1.165, 1.54) is 41.8 Å². The van der Waals surface area contributed by atoms with Crippen LogP contribution in [0.2, 0.25) is 5.02 Å². The molecule has 3 aromatic carbocycles. The summed E-state index contributed by atoms with van der Waals surface area (Å²) in [6, 6.07) is 15.4. The van der Waals surface area contributed by atoms with Gasteiger partial charge in [-0.25, -0.2) is 0 Å². The van der Waals surface area contributed by atoms with Crippen molar-refractivity contribution in [2.45, 2.75) is 38.5 Å². The average molecular weight is 295 g/mol. The van der Waals surface area contributed by atoms with Gasteiger partial charge >= 0.3 is 0 Å². The molecular weight excluding hydrogens is 276 g/mol. The van der Waals surface area contributed by atoms with Crippen molar-refractivity contribution in [1.82, 2.24) is 0 Å². The Labute approximate surface area is 130 Å². The largest absolute Gasteiger partial charge is 0.0837 e. The van der Waals surface area contributed by atoms with E-state index in [0.29, 0.717) is 5.92 Å². The van der Waals surface area contributed by atoms with E-state index in [9.17, 15) is 0 Å². The average Bonchev–Trinajstić information content (AvgIpc) is 2.53. The van der Waals surface area contributed by atoms with Crippen molar-refractivity contribution >= 4 is 33.1 Å². The van der Waals surface area contributed by atoms with Crippen LogP contribution in [0.15, 0.2) is 42.5 Å². The Morgan fingerprint density at radius 1 is 0.952 bits per heavy atom. The molecule has 0 fully saturated rings. The number of aryl methyl sites for hydroxylation is 1. The summed E-state index contributed by atoms with van der Waals surface area (Å²) in [7, 11) is 0. The molecule has 0 amide bonds. The van der Waals surface area contributed by atoms with Crippen molar-refractivity contribution in [3.63, 3.8) is 0 Å².